The van der Waals surface area contributed by atoms with Crippen molar-refractivity contribution in [2.24, 2.45) is 10.4 Å². The highest BCUT2D eigenvalue weighted by atomic mass is 127. The van der Waals surface area contributed by atoms with Gasteiger partial charge in [0.05, 0.1) is 0 Å². The van der Waals surface area contributed by atoms with E-state index >= 15 is 0 Å². The molecule has 26 heavy (non-hydrogen) atoms. The molecule has 0 radical (unpaired) electrons. The molecule has 6 nitrogen and oxygen atoms in total. The van der Waals surface area contributed by atoms with Crippen LogP contribution >= 0.6 is 24.0 Å². The molecule has 0 unspecified atom stereocenters. The van der Waals surface area contributed by atoms with E-state index in [9.17, 15) is 4.79 Å². The molecule has 7 heteroatoms. The molecule has 1 amide bonds. The van der Waals surface area contributed by atoms with Crippen LogP contribution in [0, 0.1) is 5.41 Å². The van der Waals surface area contributed by atoms with Gasteiger partial charge in [-0.15, -0.1) is 24.0 Å². The van der Waals surface area contributed by atoms with Crippen molar-refractivity contribution in [2.45, 2.75) is 58.8 Å². The first-order valence-corrected chi connectivity index (χ1v) is 9.83. The Balaban J connectivity index is 0.00000625. The maximum absolute atomic E-state index is 11.8. The Kier molecular flexibility index (Phi) is 14.2. The first-order valence-electron chi connectivity index (χ1n) is 9.83. The summed E-state index contributed by atoms with van der Waals surface area (Å²) in [6.45, 7) is 7.78. The molecule has 0 bridgehead atoms. The summed E-state index contributed by atoms with van der Waals surface area (Å²) in [6.07, 6.45) is 8.39. The minimum absolute atomic E-state index is 0. The van der Waals surface area contributed by atoms with Crippen molar-refractivity contribution in [3.8, 4) is 0 Å². The molecule has 1 aliphatic carbocycles. The summed E-state index contributed by atoms with van der Waals surface area (Å²) >= 11 is 0. The Hall–Kier alpha value is -0.570. The Morgan fingerprint density at radius 3 is 2.46 bits per heavy atom. The van der Waals surface area contributed by atoms with Crippen LogP contribution in [0.2, 0.25) is 0 Å². The highest BCUT2D eigenvalue weighted by Gasteiger charge is 2.33. The fourth-order valence-electron chi connectivity index (χ4n) is 3.19. The van der Waals surface area contributed by atoms with E-state index in [1.165, 1.54) is 25.7 Å². The zero-order valence-corrected chi connectivity index (χ0v) is 19.4. The number of amides is 1. The van der Waals surface area contributed by atoms with Crippen molar-refractivity contribution in [2.75, 3.05) is 46.9 Å². The maximum atomic E-state index is 11.8. The zero-order chi connectivity index (χ0) is 18.5. The molecule has 0 atom stereocenters. The smallest absolute Gasteiger partial charge is 0.243 e. The molecule has 2 N–H and O–H groups in total. The average molecular weight is 482 g/mol. The maximum Gasteiger partial charge on any atom is 0.243 e. The minimum Gasteiger partial charge on any atom is -0.382 e. The van der Waals surface area contributed by atoms with Gasteiger partial charge in [0.15, 0.2) is 5.96 Å². The number of likely N-dealkylation sites (N-methyl/N-ethyl adjacent to an activating group) is 1. The van der Waals surface area contributed by atoms with Crippen LogP contribution in [0.1, 0.15) is 58.8 Å². The average Bonchev–Trinajstić information content (AvgIpc) is 3.06. The molecule has 1 aliphatic rings. The van der Waals surface area contributed by atoms with Crippen LogP contribution in [0.15, 0.2) is 4.99 Å². The number of ether oxygens (including phenoxy) is 1. The van der Waals surface area contributed by atoms with Gasteiger partial charge in [-0.1, -0.05) is 26.2 Å². The van der Waals surface area contributed by atoms with Crippen molar-refractivity contribution < 1.29 is 9.53 Å². The van der Waals surface area contributed by atoms with E-state index in [1.807, 2.05) is 6.92 Å². The van der Waals surface area contributed by atoms with Crippen LogP contribution in [0.3, 0.4) is 0 Å². The lowest BCUT2D eigenvalue weighted by atomic mass is 9.83. The van der Waals surface area contributed by atoms with E-state index in [-0.39, 0.29) is 36.4 Å². The highest BCUT2D eigenvalue weighted by Crippen LogP contribution is 2.40. The topological polar surface area (TPSA) is 66.0 Å². The minimum atomic E-state index is 0. The number of hydrogen-bond donors (Lipinski definition) is 2. The van der Waals surface area contributed by atoms with Gasteiger partial charge in [0.25, 0.3) is 0 Å². The molecule has 0 spiro atoms. The van der Waals surface area contributed by atoms with E-state index in [1.54, 1.807) is 19.0 Å². The lowest BCUT2D eigenvalue weighted by Crippen LogP contribution is -2.44. The third kappa shape index (κ3) is 9.94. The summed E-state index contributed by atoms with van der Waals surface area (Å²) in [5, 5.41) is 6.86. The Bertz CT molecular complexity index is 410. The van der Waals surface area contributed by atoms with Crippen molar-refractivity contribution >= 4 is 35.8 Å². The normalized spacial score (nSPS) is 16.1. The summed E-state index contributed by atoms with van der Waals surface area (Å²) in [5.41, 5.74) is 0.300. The van der Waals surface area contributed by atoms with Gasteiger partial charge >= 0.3 is 0 Å². The van der Waals surface area contributed by atoms with Crippen LogP contribution < -0.4 is 10.6 Å². The van der Waals surface area contributed by atoms with E-state index in [2.05, 4.69) is 22.5 Å². The summed E-state index contributed by atoms with van der Waals surface area (Å²) < 4.78 is 5.59. The number of aliphatic imine (C=N–C) groups is 1. The summed E-state index contributed by atoms with van der Waals surface area (Å²) in [4.78, 5) is 17.9. The number of carbonyl (C=O) groups is 1. The van der Waals surface area contributed by atoms with Crippen LogP contribution in [-0.4, -0.2) is 63.7 Å². The van der Waals surface area contributed by atoms with E-state index < -0.39 is 0 Å². The SMILES string of the molecule is CCCCNC(=NCC(=O)N(C)C)NCC1(CCOCC)CCCC1.I. The van der Waals surface area contributed by atoms with Crippen molar-refractivity contribution in [3.63, 3.8) is 0 Å². The second-order valence-corrected chi connectivity index (χ2v) is 7.24. The molecule has 0 aromatic heterocycles. The van der Waals surface area contributed by atoms with Gasteiger partial charge in [-0.05, 0) is 38.0 Å². The molecule has 1 fully saturated rings. The summed E-state index contributed by atoms with van der Waals surface area (Å²) in [5.74, 6) is 0.773. The molecule has 0 heterocycles. The summed E-state index contributed by atoms with van der Waals surface area (Å²) in [6, 6.07) is 0. The van der Waals surface area contributed by atoms with Gasteiger partial charge in [-0.2, -0.15) is 0 Å². The van der Waals surface area contributed by atoms with Gasteiger partial charge in [0, 0.05) is 40.4 Å². The van der Waals surface area contributed by atoms with Gasteiger partial charge in [0.2, 0.25) is 5.91 Å². The van der Waals surface area contributed by atoms with E-state index in [0.717, 1.165) is 51.5 Å². The summed E-state index contributed by atoms with van der Waals surface area (Å²) in [7, 11) is 3.52. The first kappa shape index (κ1) is 25.4. The fourth-order valence-corrected chi connectivity index (χ4v) is 3.19. The molecule has 0 saturated heterocycles. The number of halogens is 1. The number of hydrogen-bond acceptors (Lipinski definition) is 3. The predicted octanol–water partition coefficient (Wildman–Crippen LogP) is 3.01. The largest absolute Gasteiger partial charge is 0.382 e. The van der Waals surface area contributed by atoms with Crippen molar-refractivity contribution in [1.29, 1.82) is 0 Å². The fraction of sp³-hybridized carbons (Fsp3) is 0.895. The number of guanidine groups is 1. The van der Waals surface area contributed by atoms with Gasteiger partial charge in [0.1, 0.15) is 6.54 Å². The molecule has 1 rings (SSSR count). The van der Waals surface area contributed by atoms with Gasteiger partial charge in [-0.25, -0.2) is 4.99 Å². The van der Waals surface area contributed by atoms with Crippen LogP contribution in [0.5, 0.6) is 0 Å². The molecule has 0 aliphatic heterocycles. The lowest BCUT2D eigenvalue weighted by Gasteiger charge is -2.30. The third-order valence-corrected chi connectivity index (χ3v) is 4.97. The van der Waals surface area contributed by atoms with E-state index in [0.29, 0.717) is 5.41 Å². The monoisotopic (exact) mass is 482 g/mol. The van der Waals surface area contributed by atoms with Crippen molar-refractivity contribution in [1.82, 2.24) is 15.5 Å². The zero-order valence-electron chi connectivity index (χ0n) is 17.1. The van der Waals surface area contributed by atoms with E-state index in [4.69, 9.17) is 4.74 Å². The van der Waals surface area contributed by atoms with Crippen molar-refractivity contribution in [3.05, 3.63) is 0 Å². The Morgan fingerprint density at radius 1 is 1.19 bits per heavy atom. The number of nitrogens with one attached hydrogen (secondary N) is 2. The van der Waals surface area contributed by atoms with Crippen LogP contribution in [0.4, 0.5) is 0 Å². The highest BCUT2D eigenvalue weighted by molar-refractivity contribution is 14.0. The quantitative estimate of drug-likeness (QED) is 0.206. The molecule has 0 aromatic rings. The van der Waals surface area contributed by atoms with Gasteiger partial charge < -0.3 is 20.3 Å². The first-order chi connectivity index (χ1) is 12.0. The number of rotatable bonds is 11. The molecular formula is C19H39IN4O2. The van der Waals surface area contributed by atoms with Crippen LogP contribution in [-0.2, 0) is 9.53 Å². The molecule has 0 aromatic carbocycles. The molecular weight excluding hydrogens is 443 g/mol. The Morgan fingerprint density at radius 2 is 1.88 bits per heavy atom. The standard InChI is InChI=1S/C19H38N4O2.HI/c1-5-7-13-20-18(21-15-17(24)23(3)4)22-16-19(10-8-9-11-19)12-14-25-6-2;/h5-16H2,1-4H3,(H2,20,21,22);1H. The molecule has 1 saturated carbocycles. The predicted molar refractivity (Wildman–Crippen MR) is 119 cm³/mol. The number of carbonyl (C=O) groups excluding carboxylic acids is 1. The Labute approximate surface area is 176 Å². The second-order valence-electron chi connectivity index (χ2n) is 7.24. The molecule has 154 valence electrons. The number of nitrogens with zero attached hydrogens (tertiary/aromatic N) is 2. The third-order valence-electron chi connectivity index (χ3n) is 4.97. The van der Waals surface area contributed by atoms with Crippen LogP contribution in [0.25, 0.3) is 0 Å². The lowest BCUT2D eigenvalue weighted by molar-refractivity contribution is -0.127. The van der Waals surface area contributed by atoms with Gasteiger partial charge in [-0.3, -0.25) is 4.79 Å². The second kappa shape index (κ2) is 14.5. The number of unbranched alkanes of at least 4 members (excludes halogenated alkanes) is 1.